The monoisotopic (exact) mass is 460 g/mol. The maximum absolute atomic E-state index is 13.1. The van der Waals surface area contributed by atoms with Crippen molar-refractivity contribution in [1.82, 2.24) is 4.98 Å². The molecular weight excluding hydrogens is 441 g/mol. The van der Waals surface area contributed by atoms with E-state index in [9.17, 15) is 18.4 Å². The van der Waals surface area contributed by atoms with Crippen molar-refractivity contribution in [3.05, 3.63) is 113 Å². The molecule has 1 aromatic heterocycles. The fourth-order valence-corrected chi connectivity index (χ4v) is 3.32. The van der Waals surface area contributed by atoms with Crippen LogP contribution >= 0.6 is 0 Å². The Labute approximate surface area is 194 Å². The predicted molar refractivity (Wildman–Crippen MR) is 121 cm³/mol. The summed E-state index contributed by atoms with van der Waals surface area (Å²) >= 11 is 0. The van der Waals surface area contributed by atoms with Crippen molar-refractivity contribution in [1.29, 1.82) is 5.26 Å². The van der Waals surface area contributed by atoms with Crippen LogP contribution < -0.4 is 9.47 Å². The number of alkyl halides is 3. The standard InChI is InChI=1S/C27H19F3N2O2/c28-27(29,30)22-11-12-23(21(15-22)16-31)24-13-14-25(33-17-19-7-3-1-4-8-19)32-26(24)34-18-20-9-5-2-6-10-20/h1-15H,17-18H2. The number of halogens is 3. The predicted octanol–water partition coefficient (Wildman–Crippen LogP) is 6.80. The molecule has 0 spiro atoms. The van der Waals surface area contributed by atoms with Crippen LogP contribution in [-0.4, -0.2) is 4.98 Å². The molecule has 0 N–H and O–H groups in total. The topological polar surface area (TPSA) is 55.1 Å². The molecule has 0 bridgehead atoms. The summed E-state index contributed by atoms with van der Waals surface area (Å²) in [4.78, 5) is 4.45. The second kappa shape index (κ2) is 10.1. The Bertz CT molecular complexity index is 1300. The molecule has 4 nitrogen and oxygen atoms in total. The Morgan fingerprint density at radius 1 is 0.735 bits per heavy atom. The van der Waals surface area contributed by atoms with Crippen LogP contribution in [0.5, 0.6) is 11.8 Å². The first-order chi connectivity index (χ1) is 16.4. The Morgan fingerprint density at radius 2 is 1.32 bits per heavy atom. The summed E-state index contributed by atoms with van der Waals surface area (Å²) in [7, 11) is 0. The quantitative estimate of drug-likeness (QED) is 0.304. The Kier molecular flexibility index (Phi) is 6.79. The molecule has 170 valence electrons. The smallest absolute Gasteiger partial charge is 0.416 e. The molecule has 0 atom stereocenters. The van der Waals surface area contributed by atoms with Gasteiger partial charge >= 0.3 is 6.18 Å². The van der Waals surface area contributed by atoms with Crippen molar-refractivity contribution in [2.45, 2.75) is 19.4 Å². The highest BCUT2D eigenvalue weighted by Crippen LogP contribution is 2.37. The SMILES string of the molecule is N#Cc1cc(C(F)(F)F)ccc1-c1ccc(OCc2ccccc2)nc1OCc1ccccc1. The van der Waals surface area contributed by atoms with Crippen LogP contribution in [0.2, 0.25) is 0 Å². The van der Waals surface area contributed by atoms with Gasteiger partial charge in [0.2, 0.25) is 11.8 Å². The minimum Gasteiger partial charge on any atom is -0.473 e. The lowest BCUT2D eigenvalue weighted by molar-refractivity contribution is -0.137. The van der Waals surface area contributed by atoms with Gasteiger partial charge in [-0.05, 0) is 29.3 Å². The van der Waals surface area contributed by atoms with E-state index in [4.69, 9.17) is 9.47 Å². The highest BCUT2D eigenvalue weighted by molar-refractivity contribution is 5.75. The van der Waals surface area contributed by atoms with Crippen molar-refractivity contribution in [2.75, 3.05) is 0 Å². The van der Waals surface area contributed by atoms with Gasteiger partial charge in [-0.1, -0.05) is 66.7 Å². The van der Waals surface area contributed by atoms with Crippen LogP contribution in [-0.2, 0) is 19.4 Å². The third-order valence-corrected chi connectivity index (χ3v) is 5.04. The Morgan fingerprint density at radius 3 is 1.91 bits per heavy atom. The Hall–Kier alpha value is -4.31. The van der Waals surface area contributed by atoms with E-state index in [1.165, 1.54) is 6.07 Å². The number of hydrogen-bond acceptors (Lipinski definition) is 4. The molecule has 0 saturated carbocycles. The van der Waals surface area contributed by atoms with Crippen LogP contribution in [0.25, 0.3) is 11.1 Å². The van der Waals surface area contributed by atoms with Crippen molar-refractivity contribution in [3.8, 4) is 29.0 Å². The minimum absolute atomic E-state index is 0.126. The Balaban J connectivity index is 1.68. The molecule has 0 aliphatic heterocycles. The van der Waals surface area contributed by atoms with E-state index >= 15 is 0 Å². The van der Waals surface area contributed by atoms with Gasteiger partial charge < -0.3 is 9.47 Å². The van der Waals surface area contributed by atoms with Gasteiger partial charge in [0, 0.05) is 17.2 Å². The third-order valence-electron chi connectivity index (χ3n) is 5.04. The number of nitriles is 1. The van der Waals surface area contributed by atoms with Gasteiger partial charge in [0.05, 0.1) is 17.2 Å². The lowest BCUT2D eigenvalue weighted by atomic mass is 9.98. The molecule has 1 heterocycles. The van der Waals surface area contributed by atoms with Gasteiger partial charge in [-0.25, -0.2) is 0 Å². The number of hydrogen-bond donors (Lipinski definition) is 0. The fraction of sp³-hybridized carbons (Fsp3) is 0.111. The summed E-state index contributed by atoms with van der Waals surface area (Å²) in [5, 5.41) is 9.53. The van der Waals surface area contributed by atoms with Gasteiger partial charge in [0.15, 0.2) is 0 Å². The van der Waals surface area contributed by atoms with Crippen LogP contribution in [0.1, 0.15) is 22.3 Å². The molecular formula is C27H19F3N2O2. The van der Waals surface area contributed by atoms with Gasteiger partial charge in [0.25, 0.3) is 0 Å². The van der Waals surface area contributed by atoms with Crippen LogP contribution in [0.15, 0.2) is 91.0 Å². The zero-order valence-corrected chi connectivity index (χ0v) is 17.9. The maximum atomic E-state index is 13.1. The van der Waals surface area contributed by atoms with E-state index < -0.39 is 11.7 Å². The number of ether oxygens (including phenoxy) is 2. The number of rotatable bonds is 7. The first-order valence-corrected chi connectivity index (χ1v) is 10.4. The first kappa shape index (κ1) is 22.9. The molecule has 0 amide bonds. The van der Waals surface area contributed by atoms with Crippen LogP contribution in [0, 0.1) is 11.3 Å². The zero-order valence-electron chi connectivity index (χ0n) is 17.9. The van der Waals surface area contributed by atoms with E-state index in [0.29, 0.717) is 17.0 Å². The number of pyridine rings is 1. The number of benzene rings is 3. The molecule has 0 radical (unpaired) electrons. The zero-order chi connectivity index (χ0) is 24.0. The van der Waals surface area contributed by atoms with Crippen molar-refractivity contribution in [3.63, 3.8) is 0 Å². The normalized spacial score (nSPS) is 11.0. The molecule has 4 aromatic rings. The largest absolute Gasteiger partial charge is 0.473 e. The molecule has 0 fully saturated rings. The molecule has 7 heteroatoms. The van der Waals surface area contributed by atoms with E-state index in [1.807, 2.05) is 66.7 Å². The van der Waals surface area contributed by atoms with Crippen molar-refractivity contribution < 1.29 is 22.6 Å². The summed E-state index contributed by atoms with van der Waals surface area (Å²) in [5.74, 6) is 0.451. The van der Waals surface area contributed by atoms with Crippen LogP contribution in [0.4, 0.5) is 13.2 Å². The summed E-state index contributed by atoms with van der Waals surface area (Å²) in [6.45, 7) is 0.473. The maximum Gasteiger partial charge on any atom is 0.416 e. The first-order valence-electron chi connectivity index (χ1n) is 10.4. The molecule has 3 aromatic carbocycles. The summed E-state index contributed by atoms with van der Waals surface area (Å²) in [6.07, 6.45) is -4.55. The molecule has 0 saturated heterocycles. The van der Waals surface area contributed by atoms with Gasteiger partial charge in [-0.2, -0.15) is 23.4 Å². The molecule has 0 unspecified atom stereocenters. The average molecular weight is 460 g/mol. The summed E-state index contributed by atoms with van der Waals surface area (Å²) < 4.78 is 51.2. The fourth-order valence-electron chi connectivity index (χ4n) is 3.32. The summed E-state index contributed by atoms with van der Waals surface area (Å²) in [5.41, 5.74) is 1.51. The van der Waals surface area contributed by atoms with Gasteiger partial charge in [-0.3, -0.25) is 0 Å². The highest BCUT2D eigenvalue weighted by atomic mass is 19.4. The minimum atomic E-state index is -4.55. The highest BCUT2D eigenvalue weighted by Gasteiger charge is 2.31. The molecule has 34 heavy (non-hydrogen) atoms. The van der Waals surface area contributed by atoms with E-state index in [0.717, 1.165) is 23.3 Å². The van der Waals surface area contributed by atoms with E-state index in [-0.39, 0.29) is 24.7 Å². The van der Waals surface area contributed by atoms with Gasteiger partial charge in [0.1, 0.15) is 13.2 Å². The second-order valence-corrected chi connectivity index (χ2v) is 7.42. The average Bonchev–Trinajstić information content (AvgIpc) is 2.86. The lowest BCUT2D eigenvalue weighted by Gasteiger charge is -2.15. The molecule has 0 aliphatic carbocycles. The van der Waals surface area contributed by atoms with Crippen LogP contribution in [0.3, 0.4) is 0 Å². The number of nitrogens with zero attached hydrogens (tertiary/aromatic N) is 2. The van der Waals surface area contributed by atoms with E-state index in [1.54, 1.807) is 12.1 Å². The van der Waals surface area contributed by atoms with Crippen molar-refractivity contribution in [2.24, 2.45) is 0 Å². The van der Waals surface area contributed by atoms with Crippen molar-refractivity contribution >= 4 is 0 Å². The number of aromatic nitrogens is 1. The second-order valence-electron chi connectivity index (χ2n) is 7.42. The van der Waals surface area contributed by atoms with E-state index in [2.05, 4.69) is 4.98 Å². The lowest BCUT2D eigenvalue weighted by Crippen LogP contribution is -2.06. The molecule has 4 rings (SSSR count). The molecule has 0 aliphatic rings. The van der Waals surface area contributed by atoms with Gasteiger partial charge in [-0.15, -0.1) is 0 Å². The summed E-state index contributed by atoms with van der Waals surface area (Å²) in [6, 6.07) is 27.1. The third kappa shape index (κ3) is 5.54.